The van der Waals surface area contributed by atoms with E-state index in [0.717, 1.165) is 41.0 Å². The second-order valence-electron chi connectivity index (χ2n) is 4.75. The number of nitrogens with zero attached hydrogens (tertiary/aromatic N) is 1. The Morgan fingerprint density at radius 2 is 1.47 bits per heavy atom. The minimum atomic E-state index is 0.160. The molecule has 0 heterocycles. The Bertz CT molecular complexity index is 641. The number of ketones is 1. The fourth-order valence-electron chi connectivity index (χ4n) is 2.88. The van der Waals surface area contributed by atoms with Gasteiger partial charge in [0, 0.05) is 24.3 Å². The summed E-state index contributed by atoms with van der Waals surface area (Å²) in [5, 5.41) is 0. The molecule has 0 radical (unpaired) electrons. The minimum Gasteiger partial charge on any atom is -0.371 e. The summed E-state index contributed by atoms with van der Waals surface area (Å²) in [6, 6.07) is 14.0. The van der Waals surface area contributed by atoms with Crippen LogP contribution in [0.4, 0.5) is 5.69 Å². The largest absolute Gasteiger partial charge is 0.371 e. The average molecular weight is 251 g/mol. The van der Waals surface area contributed by atoms with Crippen molar-refractivity contribution in [3.05, 3.63) is 53.6 Å². The van der Waals surface area contributed by atoms with Gasteiger partial charge in [-0.15, -0.1) is 0 Å². The van der Waals surface area contributed by atoms with Gasteiger partial charge < -0.3 is 4.90 Å². The molecular formula is C17H17NO. The Morgan fingerprint density at radius 3 is 2.16 bits per heavy atom. The van der Waals surface area contributed by atoms with Crippen molar-refractivity contribution in [1.29, 1.82) is 0 Å². The Labute approximate surface area is 113 Å². The van der Waals surface area contributed by atoms with E-state index in [1.165, 1.54) is 0 Å². The van der Waals surface area contributed by atoms with Crippen molar-refractivity contribution in [2.75, 3.05) is 18.0 Å². The molecule has 0 saturated carbocycles. The van der Waals surface area contributed by atoms with Crippen LogP contribution in [-0.4, -0.2) is 18.9 Å². The van der Waals surface area contributed by atoms with Crippen LogP contribution in [0.25, 0.3) is 11.1 Å². The molecule has 0 aliphatic heterocycles. The van der Waals surface area contributed by atoms with Gasteiger partial charge in [-0.1, -0.05) is 36.4 Å². The molecule has 96 valence electrons. The molecular weight excluding hydrogens is 234 g/mol. The normalized spacial score (nSPS) is 12.2. The lowest BCUT2D eigenvalue weighted by atomic mass is 10.0. The molecule has 2 aromatic rings. The number of anilines is 1. The van der Waals surface area contributed by atoms with Crippen molar-refractivity contribution in [3.63, 3.8) is 0 Å². The zero-order valence-electron chi connectivity index (χ0n) is 11.3. The highest BCUT2D eigenvalue weighted by Crippen LogP contribution is 2.41. The summed E-state index contributed by atoms with van der Waals surface area (Å²) in [4.78, 5) is 14.9. The van der Waals surface area contributed by atoms with E-state index in [2.05, 4.69) is 24.8 Å². The number of rotatable bonds is 3. The molecule has 0 saturated heterocycles. The van der Waals surface area contributed by atoms with Crippen molar-refractivity contribution in [3.8, 4) is 11.1 Å². The molecule has 1 aliphatic rings. The first-order valence-electron chi connectivity index (χ1n) is 6.80. The van der Waals surface area contributed by atoms with E-state index in [1.54, 1.807) is 0 Å². The quantitative estimate of drug-likeness (QED) is 0.706. The standard InChI is InChI=1S/C17H17NO/c1-3-18(4-2)15-11-7-10-13-12-8-5-6-9-14(12)17(19)16(13)15/h5-11H,3-4H2,1-2H3. The van der Waals surface area contributed by atoms with Gasteiger partial charge in [-0.3, -0.25) is 4.79 Å². The van der Waals surface area contributed by atoms with E-state index in [0.29, 0.717) is 0 Å². The first-order chi connectivity index (χ1) is 9.27. The summed E-state index contributed by atoms with van der Waals surface area (Å²) in [5.41, 5.74) is 4.90. The van der Waals surface area contributed by atoms with Gasteiger partial charge in [-0.05, 0) is 31.0 Å². The monoisotopic (exact) mass is 251 g/mol. The highest BCUT2D eigenvalue weighted by molar-refractivity contribution is 6.24. The summed E-state index contributed by atoms with van der Waals surface area (Å²) < 4.78 is 0. The van der Waals surface area contributed by atoms with Crippen LogP contribution in [0.15, 0.2) is 42.5 Å². The van der Waals surface area contributed by atoms with E-state index in [1.807, 2.05) is 36.4 Å². The third kappa shape index (κ3) is 1.67. The average Bonchev–Trinajstić information content (AvgIpc) is 2.75. The van der Waals surface area contributed by atoms with Crippen molar-refractivity contribution in [2.45, 2.75) is 13.8 Å². The van der Waals surface area contributed by atoms with Crippen LogP contribution in [0.2, 0.25) is 0 Å². The van der Waals surface area contributed by atoms with Gasteiger partial charge in [0.05, 0.1) is 5.56 Å². The highest BCUT2D eigenvalue weighted by Gasteiger charge is 2.29. The van der Waals surface area contributed by atoms with Gasteiger partial charge in [-0.2, -0.15) is 0 Å². The Balaban J connectivity index is 2.24. The maximum absolute atomic E-state index is 12.6. The fraction of sp³-hybridized carbons (Fsp3) is 0.235. The number of benzene rings is 2. The van der Waals surface area contributed by atoms with Gasteiger partial charge in [0.25, 0.3) is 0 Å². The third-order valence-electron chi connectivity index (χ3n) is 3.84. The van der Waals surface area contributed by atoms with Crippen LogP contribution >= 0.6 is 0 Å². The Morgan fingerprint density at radius 1 is 0.842 bits per heavy atom. The maximum atomic E-state index is 12.6. The number of hydrogen-bond acceptors (Lipinski definition) is 2. The topological polar surface area (TPSA) is 20.3 Å². The Hall–Kier alpha value is -2.09. The lowest BCUT2D eigenvalue weighted by molar-refractivity contribution is 0.104. The van der Waals surface area contributed by atoms with Gasteiger partial charge >= 0.3 is 0 Å². The van der Waals surface area contributed by atoms with Crippen molar-refractivity contribution >= 4 is 11.5 Å². The minimum absolute atomic E-state index is 0.160. The zero-order chi connectivity index (χ0) is 13.4. The molecule has 2 heteroatoms. The van der Waals surface area contributed by atoms with Crippen molar-refractivity contribution in [2.24, 2.45) is 0 Å². The molecule has 0 spiro atoms. The van der Waals surface area contributed by atoms with Crippen molar-refractivity contribution in [1.82, 2.24) is 0 Å². The molecule has 0 N–H and O–H groups in total. The second kappa shape index (κ2) is 4.54. The number of fused-ring (bicyclic) bond motifs is 3. The molecule has 0 aromatic heterocycles. The maximum Gasteiger partial charge on any atom is 0.196 e. The molecule has 2 nitrogen and oxygen atoms in total. The molecule has 19 heavy (non-hydrogen) atoms. The van der Waals surface area contributed by atoms with Gasteiger partial charge in [0.1, 0.15) is 0 Å². The van der Waals surface area contributed by atoms with Crippen molar-refractivity contribution < 1.29 is 4.79 Å². The fourth-order valence-corrected chi connectivity index (χ4v) is 2.88. The van der Waals surface area contributed by atoms with Gasteiger partial charge in [0.15, 0.2) is 5.78 Å². The Kier molecular flexibility index (Phi) is 2.86. The van der Waals surface area contributed by atoms with Crippen LogP contribution in [0.3, 0.4) is 0 Å². The molecule has 3 rings (SSSR count). The predicted molar refractivity (Wildman–Crippen MR) is 78.9 cm³/mol. The second-order valence-corrected chi connectivity index (χ2v) is 4.75. The molecule has 0 unspecified atom stereocenters. The van der Waals surface area contributed by atoms with Crippen LogP contribution in [0.1, 0.15) is 29.8 Å². The van der Waals surface area contributed by atoms with Crippen LogP contribution < -0.4 is 4.90 Å². The van der Waals surface area contributed by atoms with Gasteiger partial charge in [-0.25, -0.2) is 0 Å². The first-order valence-corrected chi connectivity index (χ1v) is 6.80. The predicted octanol–water partition coefficient (Wildman–Crippen LogP) is 3.74. The molecule has 1 aliphatic carbocycles. The third-order valence-corrected chi connectivity index (χ3v) is 3.84. The van der Waals surface area contributed by atoms with Crippen LogP contribution in [-0.2, 0) is 0 Å². The molecule has 0 amide bonds. The number of carbonyl (C=O) groups excluding carboxylic acids is 1. The SMILES string of the molecule is CCN(CC)c1cccc2c1C(=O)c1ccccc1-2. The summed E-state index contributed by atoms with van der Waals surface area (Å²) in [6.45, 7) is 6.07. The van der Waals surface area contributed by atoms with E-state index in [9.17, 15) is 4.79 Å². The van der Waals surface area contributed by atoms with Crippen LogP contribution in [0.5, 0.6) is 0 Å². The summed E-state index contributed by atoms with van der Waals surface area (Å²) in [5.74, 6) is 0.160. The first kappa shape index (κ1) is 12.0. The smallest absolute Gasteiger partial charge is 0.196 e. The lowest BCUT2D eigenvalue weighted by Crippen LogP contribution is -2.23. The van der Waals surface area contributed by atoms with E-state index < -0.39 is 0 Å². The lowest BCUT2D eigenvalue weighted by Gasteiger charge is -2.23. The number of hydrogen-bond donors (Lipinski definition) is 0. The summed E-state index contributed by atoms with van der Waals surface area (Å²) in [6.07, 6.45) is 0. The zero-order valence-corrected chi connectivity index (χ0v) is 11.3. The molecule has 0 fully saturated rings. The highest BCUT2D eigenvalue weighted by atomic mass is 16.1. The molecule has 0 atom stereocenters. The van der Waals surface area contributed by atoms with Crippen LogP contribution in [0, 0.1) is 0 Å². The van der Waals surface area contributed by atoms with Gasteiger partial charge in [0.2, 0.25) is 0 Å². The van der Waals surface area contributed by atoms with E-state index in [-0.39, 0.29) is 5.78 Å². The summed E-state index contributed by atoms with van der Waals surface area (Å²) in [7, 11) is 0. The molecule has 0 bridgehead atoms. The molecule has 2 aromatic carbocycles. The number of carbonyl (C=O) groups is 1. The van der Waals surface area contributed by atoms with E-state index in [4.69, 9.17) is 0 Å². The van der Waals surface area contributed by atoms with E-state index >= 15 is 0 Å². The summed E-state index contributed by atoms with van der Waals surface area (Å²) >= 11 is 0.